The van der Waals surface area contributed by atoms with Gasteiger partial charge in [-0.15, -0.1) is 0 Å². The van der Waals surface area contributed by atoms with Crippen molar-refractivity contribution in [3.05, 3.63) is 214 Å². The summed E-state index contributed by atoms with van der Waals surface area (Å²) in [5.74, 6) is -2.08. The zero-order chi connectivity index (χ0) is 33.0. The predicted octanol–water partition coefficient (Wildman–Crippen LogP) is 12.0. The second kappa shape index (κ2) is 11.8. The van der Waals surface area contributed by atoms with E-state index in [1.54, 1.807) is 0 Å². The van der Waals surface area contributed by atoms with Gasteiger partial charge in [0.2, 0.25) is 0 Å². The first kappa shape index (κ1) is 31.7. The van der Waals surface area contributed by atoms with Crippen LogP contribution in [0.5, 0.6) is 0 Å². The standard InChI is InChI=1S/2C21H15.C2H7Si.2ClH.Zr/c2*1-3-9-16(10-4-1)20-15-18-13-7-8-14-19(18)21(20)17-11-5-2-6-12-17;1-3-2;;;/h2*1-15H;3H,1-2H3;2*1H;/q;;;;;+2/p-2. The number of benzene rings is 6. The molecule has 0 aromatic heterocycles. The predicted molar refractivity (Wildman–Crippen MR) is 207 cm³/mol. The first-order valence-corrected chi connectivity index (χ1v) is 32.7. The molecule has 0 fully saturated rings. The van der Waals surface area contributed by atoms with E-state index in [0.717, 1.165) is 11.1 Å². The van der Waals surface area contributed by atoms with E-state index in [0.29, 0.717) is 0 Å². The molecular formula is C44H37Cl2SiZr. The molecule has 0 amide bonds. The quantitative estimate of drug-likeness (QED) is 0.142. The number of hydrogen-bond acceptors (Lipinski definition) is 0. The van der Waals surface area contributed by atoms with Gasteiger partial charge in [0.1, 0.15) is 0 Å². The van der Waals surface area contributed by atoms with Crippen LogP contribution in [0.25, 0.3) is 23.3 Å². The van der Waals surface area contributed by atoms with Crippen molar-refractivity contribution in [2.75, 3.05) is 0 Å². The number of hydrogen-bond donors (Lipinski definition) is 0. The van der Waals surface area contributed by atoms with Crippen molar-refractivity contribution in [3.63, 3.8) is 0 Å². The van der Waals surface area contributed by atoms with E-state index in [9.17, 15) is 17.0 Å². The molecule has 8 rings (SSSR count). The summed E-state index contributed by atoms with van der Waals surface area (Å²) in [6.45, 7) is 4.88. The average molecular weight is 756 g/mol. The molecule has 4 heteroatoms. The van der Waals surface area contributed by atoms with Crippen LogP contribution < -0.4 is 0 Å². The Morgan fingerprint density at radius 1 is 0.417 bits per heavy atom. The minimum absolute atomic E-state index is 0.786. The van der Waals surface area contributed by atoms with E-state index < -0.39 is 27.7 Å². The van der Waals surface area contributed by atoms with Crippen LogP contribution in [0.15, 0.2) is 170 Å². The van der Waals surface area contributed by atoms with Gasteiger partial charge in [0.05, 0.1) is 0 Å². The van der Waals surface area contributed by atoms with Crippen molar-refractivity contribution in [1.29, 1.82) is 0 Å². The van der Waals surface area contributed by atoms with Gasteiger partial charge in [-0.25, -0.2) is 0 Å². The molecular weight excluding hydrogens is 719 g/mol. The number of allylic oxidation sites excluding steroid dienone is 2. The fourth-order valence-corrected chi connectivity index (χ4v) is 48.6. The molecule has 6 aromatic rings. The Morgan fingerprint density at radius 2 is 0.729 bits per heavy atom. The third-order valence-corrected chi connectivity index (χ3v) is 66.2. The molecule has 0 saturated heterocycles. The third-order valence-electron chi connectivity index (χ3n) is 11.1. The maximum absolute atomic E-state index is 9.42. The van der Waals surface area contributed by atoms with E-state index in [1.165, 1.54) is 44.5 Å². The third kappa shape index (κ3) is 4.04. The topological polar surface area (TPSA) is 0 Å². The van der Waals surface area contributed by atoms with Crippen LogP contribution in [-0.4, -0.2) is 5.92 Å². The van der Waals surface area contributed by atoms with Gasteiger partial charge >= 0.3 is 296 Å². The fraction of sp³-hybridized carbons (Fsp3) is 0.0909. The van der Waals surface area contributed by atoms with Gasteiger partial charge in [0.25, 0.3) is 0 Å². The second-order valence-electron chi connectivity index (χ2n) is 13.5. The van der Waals surface area contributed by atoms with Gasteiger partial charge < -0.3 is 0 Å². The van der Waals surface area contributed by atoms with Gasteiger partial charge in [-0.3, -0.25) is 0 Å². The summed E-state index contributed by atoms with van der Waals surface area (Å²) in [7, 11) is 18.8. The fourth-order valence-electron chi connectivity index (χ4n) is 9.24. The van der Waals surface area contributed by atoms with Crippen LogP contribution >= 0.6 is 17.0 Å². The van der Waals surface area contributed by atoms with E-state index in [-0.39, 0.29) is 0 Å². The van der Waals surface area contributed by atoms with Gasteiger partial charge in [-0.05, 0) is 0 Å². The molecule has 2 atom stereocenters. The Labute approximate surface area is 293 Å². The van der Waals surface area contributed by atoms with Gasteiger partial charge in [0, 0.05) is 0 Å². The first-order chi connectivity index (χ1) is 23.4. The molecule has 0 nitrogen and oxygen atoms in total. The first-order valence-electron chi connectivity index (χ1n) is 16.8. The SMILES string of the molecule is C[SiH](C)[Zr]([Cl])([Cl])([C]1(c2ccccc2)C(c2ccccc2)=Cc2ccccc21)[C]1(c2ccccc2)C(c2ccccc2)=Cc2ccccc21. The molecule has 2 unspecified atom stereocenters. The summed E-state index contributed by atoms with van der Waals surface area (Å²) in [5.41, 5.74) is 11.9. The number of halogens is 2. The normalized spacial score (nSPS) is 20.7. The van der Waals surface area contributed by atoms with Crippen molar-refractivity contribution >= 4 is 46.2 Å². The zero-order valence-corrected chi connectivity index (χ0v) is 32.3. The number of fused-ring (bicyclic) bond motifs is 2. The molecule has 0 radical (unpaired) electrons. The zero-order valence-electron chi connectivity index (χ0n) is 27.2. The summed E-state index contributed by atoms with van der Waals surface area (Å²) in [4.78, 5) is 0. The van der Waals surface area contributed by atoms with E-state index in [2.05, 4.69) is 195 Å². The minimum atomic E-state index is -5.81. The summed E-state index contributed by atoms with van der Waals surface area (Å²) >= 11 is -5.81. The Bertz CT molecular complexity index is 2040. The molecule has 48 heavy (non-hydrogen) atoms. The molecule has 0 bridgehead atoms. The Kier molecular flexibility index (Phi) is 7.81. The van der Waals surface area contributed by atoms with Crippen molar-refractivity contribution in [2.24, 2.45) is 0 Å². The molecule has 0 heterocycles. The molecule has 6 aromatic carbocycles. The molecule has 0 aliphatic heterocycles. The van der Waals surface area contributed by atoms with Crippen LogP contribution in [0.2, 0.25) is 13.1 Å². The van der Waals surface area contributed by atoms with Gasteiger partial charge in [0.15, 0.2) is 0 Å². The number of rotatable bonds is 7. The van der Waals surface area contributed by atoms with Crippen LogP contribution in [0.3, 0.4) is 0 Å². The van der Waals surface area contributed by atoms with E-state index in [4.69, 9.17) is 0 Å². The van der Waals surface area contributed by atoms with Crippen LogP contribution in [0, 0.1) is 0 Å². The van der Waals surface area contributed by atoms with Crippen molar-refractivity contribution in [1.82, 2.24) is 0 Å². The average Bonchev–Trinajstić information content (AvgIpc) is 3.69. The summed E-state index contributed by atoms with van der Waals surface area (Å²) in [6.07, 6.45) is 4.80. The monoisotopic (exact) mass is 753 g/mol. The second-order valence-corrected chi connectivity index (χ2v) is 54.9. The van der Waals surface area contributed by atoms with Gasteiger partial charge in [-0.1, -0.05) is 0 Å². The molecule has 0 N–H and O–H groups in total. The summed E-state index contributed by atoms with van der Waals surface area (Å²) in [6, 6.07) is 61.5. The Morgan fingerprint density at radius 3 is 1.08 bits per heavy atom. The molecule has 2 aliphatic rings. The van der Waals surface area contributed by atoms with E-state index in [1.807, 2.05) is 0 Å². The summed E-state index contributed by atoms with van der Waals surface area (Å²) in [5, 5.41) is 0. The molecule has 235 valence electrons. The molecule has 0 saturated carbocycles. The van der Waals surface area contributed by atoms with Crippen molar-refractivity contribution in [2.45, 2.75) is 19.3 Å². The molecule has 2 aliphatic carbocycles. The summed E-state index contributed by atoms with van der Waals surface area (Å²) < 4.78 is -1.57. The Balaban J connectivity index is 1.66. The Hall–Kier alpha value is -3.52. The van der Waals surface area contributed by atoms with Crippen LogP contribution in [-0.2, 0) is 21.8 Å². The van der Waals surface area contributed by atoms with Crippen molar-refractivity contribution < 1.29 is 15.6 Å². The van der Waals surface area contributed by atoms with Gasteiger partial charge in [-0.2, -0.15) is 0 Å². The maximum atomic E-state index is 9.42. The van der Waals surface area contributed by atoms with Crippen molar-refractivity contribution in [3.8, 4) is 0 Å². The molecule has 0 spiro atoms. The van der Waals surface area contributed by atoms with Crippen LogP contribution in [0.4, 0.5) is 0 Å². The van der Waals surface area contributed by atoms with E-state index >= 15 is 0 Å². The van der Waals surface area contributed by atoms with Crippen LogP contribution in [0.1, 0.15) is 44.5 Å².